The highest BCUT2D eigenvalue weighted by molar-refractivity contribution is 5.98. The van der Waals surface area contributed by atoms with Crippen molar-refractivity contribution in [1.29, 1.82) is 0 Å². The highest BCUT2D eigenvalue weighted by Crippen LogP contribution is 2.26. The van der Waals surface area contributed by atoms with E-state index in [1.165, 1.54) is 25.3 Å². The molecule has 1 heterocycles. The van der Waals surface area contributed by atoms with Crippen molar-refractivity contribution >= 4 is 17.7 Å². The summed E-state index contributed by atoms with van der Waals surface area (Å²) in [5.74, 6) is -1.38. The van der Waals surface area contributed by atoms with Gasteiger partial charge in [0.2, 0.25) is 5.91 Å². The maximum atomic E-state index is 14.1. The molecule has 7 nitrogen and oxygen atoms in total. The molecule has 0 saturated carbocycles. The standard InChI is InChI=1S/C26H32FN3O4/c1-4-17(2)28-25(32)23(29-24(31)19-9-5-7-11-21(19)27)18-13-15-30(16-14-18)26(33)20-10-6-8-12-22(20)34-3/h5-12,17-18,23H,4,13-16H2,1-3H3,(H,28,32)(H,29,31)/t17-,23-/m0/s1. The van der Waals surface area contributed by atoms with Gasteiger partial charge >= 0.3 is 0 Å². The largest absolute Gasteiger partial charge is 0.496 e. The predicted molar refractivity (Wildman–Crippen MR) is 127 cm³/mol. The number of carbonyl (C=O) groups excluding carboxylic acids is 3. The average molecular weight is 470 g/mol. The molecule has 34 heavy (non-hydrogen) atoms. The minimum absolute atomic E-state index is 0.0624. The van der Waals surface area contributed by atoms with Crippen LogP contribution in [0.2, 0.25) is 0 Å². The molecule has 3 rings (SSSR count). The summed E-state index contributed by atoms with van der Waals surface area (Å²) in [4.78, 5) is 40.6. The summed E-state index contributed by atoms with van der Waals surface area (Å²) in [6.45, 7) is 4.72. The third kappa shape index (κ3) is 5.92. The molecular weight excluding hydrogens is 437 g/mol. The third-order valence-corrected chi connectivity index (χ3v) is 6.32. The van der Waals surface area contributed by atoms with Gasteiger partial charge in [0.25, 0.3) is 11.8 Å². The van der Waals surface area contributed by atoms with E-state index in [0.717, 1.165) is 6.42 Å². The van der Waals surface area contributed by atoms with E-state index in [0.29, 0.717) is 37.2 Å². The Bertz CT molecular complexity index is 1020. The second-order valence-corrected chi connectivity index (χ2v) is 8.58. The van der Waals surface area contributed by atoms with E-state index in [9.17, 15) is 18.8 Å². The normalized spacial score (nSPS) is 15.8. The first-order chi connectivity index (χ1) is 16.3. The summed E-state index contributed by atoms with van der Waals surface area (Å²) in [6, 6.07) is 11.9. The Kier molecular flexibility index (Phi) is 8.62. The fraction of sp³-hybridized carbons (Fsp3) is 0.423. The molecule has 2 aromatic rings. The average Bonchev–Trinajstić information content (AvgIpc) is 2.86. The highest BCUT2D eigenvalue weighted by atomic mass is 19.1. The number of rotatable bonds is 8. The van der Waals surface area contributed by atoms with Gasteiger partial charge in [-0.3, -0.25) is 14.4 Å². The number of piperidine rings is 1. The van der Waals surface area contributed by atoms with Crippen LogP contribution >= 0.6 is 0 Å². The Hall–Kier alpha value is -3.42. The van der Waals surface area contributed by atoms with Gasteiger partial charge in [-0.05, 0) is 56.4 Å². The number of nitrogens with one attached hydrogen (secondary N) is 2. The molecule has 0 radical (unpaired) electrons. The third-order valence-electron chi connectivity index (χ3n) is 6.32. The van der Waals surface area contributed by atoms with Gasteiger partial charge in [-0.1, -0.05) is 31.2 Å². The Balaban J connectivity index is 1.73. The maximum absolute atomic E-state index is 14.1. The van der Waals surface area contributed by atoms with E-state index in [1.807, 2.05) is 13.8 Å². The van der Waals surface area contributed by atoms with Crippen LogP contribution in [0.25, 0.3) is 0 Å². The molecule has 2 N–H and O–H groups in total. The van der Waals surface area contributed by atoms with Gasteiger partial charge in [-0.2, -0.15) is 0 Å². The molecule has 0 unspecified atom stereocenters. The number of carbonyl (C=O) groups is 3. The first-order valence-corrected chi connectivity index (χ1v) is 11.6. The van der Waals surface area contributed by atoms with Gasteiger partial charge in [0.05, 0.1) is 18.2 Å². The zero-order valence-electron chi connectivity index (χ0n) is 19.8. The molecule has 1 aliphatic rings. The second kappa shape index (κ2) is 11.6. The van der Waals surface area contributed by atoms with Crippen LogP contribution in [0.1, 0.15) is 53.8 Å². The molecule has 1 saturated heterocycles. The minimum atomic E-state index is -0.829. The van der Waals surface area contributed by atoms with Crippen LogP contribution in [0.15, 0.2) is 48.5 Å². The number of benzene rings is 2. The molecule has 2 aromatic carbocycles. The molecule has 182 valence electrons. The molecule has 1 fully saturated rings. The van der Waals surface area contributed by atoms with E-state index in [2.05, 4.69) is 10.6 Å². The zero-order chi connectivity index (χ0) is 24.7. The van der Waals surface area contributed by atoms with Gasteiger partial charge in [-0.15, -0.1) is 0 Å². The quantitative estimate of drug-likeness (QED) is 0.620. The fourth-order valence-corrected chi connectivity index (χ4v) is 4.12. The lowest BCUT2D eigenvalue weighted by atomic mass is 9.88. The van der Waals surface area contributed by atoms with Crippen molar-refractivity contribution in [3.05, 3.63) is 65.5 Å². The van der Waals surface area contributed by atoms with Gasteiger partial charge in [0, 0.05) is 19.1 Å². The second-order valence-electron chi connectivity index (χ2n) is 8.58. The van der Waals surface area contributed by atoms with Crippen molar-refractivity contribution in [2.45, 2.75) is 45.2 Å². The Labute approximate surface area is 199 Å². The van der Waals surface area contributed by atoms with Crippen LogP contribution in [0.3, 0.4) is 0 Å². The summed E-state index contributed by atoms with van der Waals surface area (Å²) in [6.07, 6.45) is 1.79. The summed E-state index contributed by atoms with van der Waals surface area (Å²) in [5, 5.41) is 5.68. The number of amides is 3. The number of likely N-dealkylation sites (tertiary alicyclic amines) is 1. The lowest BCUT2D eigenvalue weighted by Gasteiger charge is -2.36. The Morgan fingerprint density at radius 2 is 1.65 bits per heavy atom. The van der Waals surface area contributed by atoms with Crippen molar-refractivity contribution in [2.24, 2.45) is 5.92 Å². The molecule has 2 atom stereocenters. The minimum Gasteiger partial charge on any atom is -0.496 e. The molecule has 0 aromatic heterocycles. The van der Waals surface area contributed by atoms with Crippen LogP contribution in [0.4, 0.5) is 4.39 Å². The molecule has 0 spiro atoms. The van der Waals surface area contributed by atoms with Crippen molar-refractivity contribution in [1.82, 2.24) is 15.5 Å². The van der Waals surface area contributed by atoms with Crippen molar-refractivity contribution < 1.29 is 23.5 Å². The molecule has 3 amide bonds. The van der Waals surface area contributed by atoms with Gasteiger partial charge in [-0.25, -0.2) is 4.39 Å². The highest BCUT2D eigenvalue weighted by Gasteiger charge is 2.35. The van der Waals surface area contributed by atoms with E-state index in [4.69, 9.17) is 4.74 Å². The van der Waals surface area contributed by atoms with Gasteiger partial charge < -0.3 is 20.3 Å². The lowest BCUT2D eigenvalue weighted by molar-refractivity contribution is -0.125. The SMILES string of the molecule is CC[C@H](C)NC(=O)[C@@H](NC(=O)c1ccccc1F)C1CCN(C(=O)c2ccccc2OC)CC1. The van der Waals surface area contributed by atoms with Crippen LogP contribution < -0.4 is 15.4 Å². The Morgan fingerprint density at radius 1 is 1.03 bits per heavy atom. The number of para-hydroxylation sites is 1. The summed E-state index contributed by atoms with van der Waals surface area (Å²) < 4.78 is 19.5. The molecule has 0 bridgehead atoms. The molecule has 8 heteroatoms. The summed E-state index contributed by atoms with van der Waals surface area (Å²) in [5.41, 5.74) is 0.384. The van der Waals surface area contributed by atoms with Gasteiger partial charge in [0.15, 0.2) is 0 Å². The first-order valence-electron chi connectivity index (χ1n) is 11.6. The molecule has 0 aliphatic carbocycles. The van der Waals surface area contributed by atoms with Crippen LogP contribution in [0, 0.1) is 11.7 Å². The number of hydrogen-bond donors (Lipinski definition) is 2. The monoisotopic (exact) mass is 469 g/mol. The molecular formula is C26H32FN3O4. The Morgan fingerprint density at radius 3 is 2.26 bits per heavy atom. The number of methoxy groups -OCH3 is 1. The fourth-order valence-electron chi connectivity index (χ4n) is 4.12. The lowest BCUT2D eigenvalue weighted by Crippen LogP contribution is -2.55. The number of ether oxygens (including phenoxy) is 1. The topological polar surface area (TPSA) is 87.7 Å². The van der Waals surface area contributed by atoms with Gasteiger partial charge in [0.1, 0.15) is 17.6 Å². The predicted octanol–water partition coefficient (Wildman–Crippen LogP) is 3.40. The zero-order valence-corrected chi connectivity index (χ0v) is 19.8. The maximum Gasteiger partial charge on any atom is 0.257 e. The van der Waals surface area contributed by atoms with Crippen molar-refractivity contribution in [2.75, 3.05) is 20.2 Å². The summed E-state index contributed by atoms with van der Waals surface area (Å²) in [7, 11) is 1.52. The van der Waals surface area contributed by atoms with E-state index >= 15 is 0 Å². The van der Waals surface area contributed by atoms with E-state index < -0.39 is 17.8 Å². The van der Waals surface area contributed by atoms with Crippen molar-refractivity contribution in [3.8, 4) is 5.75 Å². The number of hydrogen-bond acceptors (Lipinski definition) is 4. The van der Waals surface area contributed by atoms with E-state index in [-0.39, 0.29) is 29.3 Å². The van der Waals surface area contributed by atoms with Crippen LogP contribution in [0.5, 0.6) is 5.75 Å². The van der Waals surface area contributed by atoms with Crippen LogP contribution in [-0.2, 0) is 4.79 Å². The van der Waals surface area contributed by atoms with Crippen LogP contribution in [-0.4, -0.2) is 54.9 Å². The number of nitrogens with zero attached hydrogens (tertiary/aromatic N) is 1. The first kappa shape index (κ1) is 25.2. The van der Waals surface area contributed by atoms with E-state index in [1.54, 1.807) is 35.2 Å². The smallest absolute Gasteiger partial charge is 0.257 e. The molecule has 1 aliphatic heterocycles. The summed E-state index contributed by atoms with van der Waals surface area (Å²) >= 11 is 0. The van der Waals surface area contributed by atoms with Crippen molar-refractivity contribution in [3.63, 3.8) is 0 Å². The number of halogens is 1.